The van der Waals surface area contributed by atoms with Crippen molar-refractivity contribution in [1.29, 1.82) is 0 Å². The molecule has 0 aliphatic heterocycles. The zero-order chi connectivity index (χ0) is 11.4. The zero-order valence-corrected chi connectivity index (χ0v) is 10.4. The van der Waals surface area contributed by atoms with Crippen LogP contribution in [0, 0.1) is 11.8 Å². The Balaban J connectivity index is 2.03. The minimum absolute atomic E-state index is 0.407. The Bertz CT molecular complexity index is 294. The van der Waals surface area contributed by atoms with E-state index in [1.54, 1.807) is 6.26 Å². The summed E-state index contributed by atoms with van der Waals surface area (Å²) in [6, 6.07) is 4.49. The van der Waals surface area contributed by atoms with Gasteiger partial charge in [0, 0.05) is 0 Å². The third-order valence-corrected chi connectivity index (χ3v) is 4.03. The molecule has 1 aliphatic carbocycles. The molecule has 1 N–H and O–H groups in total. The second kappa shape index (κ2) is 5.53. The van der Waals surface area contributed by atoms with Crippen LogP contribution in [0.3, 0.4) is 0 Å². The van der Waals surface area contributed by atoms with Crippen LogP contribution in [0.25, 0.3) is 0 Å². The van der Waals surface area contributed by atoms with E-state index < -0.39 is 0 Å². The first-order valence-corrected chi connectivity index (χ1v) is 6.55. The number of nitrogens with one attached hydrogen (secondary N) is 1. The molecule has 0 aromatic carbocycles. The van der Waals surface area contributed by atoms with Crippen molar-refractivity contribution in [2.24, 2.45) is 11.8 Å². The monoisotopic (exact) mass is 221 g/mol. The van der Waals surface area contributed by atoms with Crippen molar-refractivity contribution in [3.63, 3.8) is 0 Å². The van der Waals surface area contributed by atoms with E-state index in [0.717, 1.165) is 17.6 Å². The van der Waals surface area contributed by atoms with Crippen LogP contribution in [-0.2, 0) is 0 Å². The molecule has 0 amide bonds. The molecule has 1 heterocycles. The lowest BCUT2D eigenvalue weighted by Crippen LogP contribution is -2.29. The van der Waals surface area contributed by atoms with E-state index in [4.69, 9.17) is 4.42 Å². The predicted octanol–water partition coefficient (Wildman–Crippen LogP) is 3.76. The van der Waals surface area contributed by atoms with E-state index in [-0.39, 0.29) is 0 Å². The average molecular weight is 221 g/mol. The van der Waals surface area contributed by atoms with Gasteiger partial charge in [0.1, 0.15) is 5.76 Å². The van der Waals surface area contributed by atoms with E-state index in [2.05, 4.69) is 18.3 Å². The fourth-order valence-electron chi connectivity index (χ4n) is 3.08. The van der Waals surface area contributed by atoms with Crippen molar-refractivity contribution < 1.29 is 4.42 Å². The summed E-state index contributed by atoms with van der Waals surface area (Å²) in [5.74, 6) is 2.77. The molecule has 2 nitrogen and oxygen atoms in total. The summed E-state index contributed by atoms with van der Waals surface area (Å²) in [6.07, 6.45) is 8.58. The van der Waals surface area contributed by atoms with Crippen molar-refractivity contribution in [2.45, 2.75) is 45.1 Å². The van der Waals surface area contributed by atoms with Gasteiger partial charge in [0.2, 0.25) is 0 Å². The fourth-order valence-corrected chi connectivity index (χ4v) is 3.08. The number of furan rings is 1. The van der Waals surface area contributed by atoms with Gasteiger partial charge in [-0.3, -0.25) is 0 Å². The number of hydrogen-bond donors (Lipinski definition) is 1. The minimum atomic E-state index is 0.407. The Hall–Kier alpha value is -0.760. The van der Waals surface area contributed by atoms with Crippen LogP contribution in [-0.4, -0.2) is 7.05 Å². The topological polar surface area (TPSA) is 25.2 Å². The molecular weight excluding hydrogens is 198 g/mol. The van der Waals surface area contributed by atoms with Crippen LogP contribution in [0.1, 0.15) is 50.8 Å². The van der Waals surface area contributed by atoms with Crippen LogP contribution in [0.4, 0.5) is 0 Å². The number of hydrogen-bond acceptors (Lipinski definition) is 2. The largest absolute Gasteiger partial charge is 0.468 e. The molecule has 1 aromatic rings. The van der Waals surface area contributed by atoms with Crippen molar-refractivity contribution in [3.05, 3.63) is 24.2 Å². The minimum Gasteiger partial charge on any atom is -0.468 e. The maximum Gasteiger partial charge on any atom is 0.120 e. The van der Waals surface area contributed by atoms with E-state index >= 15 is 0 Å². The Morgan fingerprint density at radius 3 is 3.00 bits per heavy atom. The average Bonchev–Trinajstić information content (AvgIpc) is 2.84. The Kier molecular flexibility index (Phi) is 4.05. The molecule has 16 heavy (non-hydrogen) atoms. The zero-order valence-electron chi connectivity index (χ0n) is 10.4. The predicted molar refractivity (Wildman–Crippen MR) is 66.2 cm³/mol. The molecule has 2 rings (SSSR count). The third-order valence-electron chi connectivity index (χ3n) is 4.03. The summed E-state index contributed by atoms with van der Waals surface area (Å²) in [6.45, 7) is 2.31. The Morgan fingerprint density at radius 2 is 2.38 bits per heavy atom. The second-order valence-corrected chi connectivity index (χ2v) is 4.98. The molecule has 1 fully saturated rings. The van der Waals surface area contributed by atoms with E-state index in [0.29, 0.717) is 6.04 Å². The third kappa shape index (κ3) is 2.49. The highest BCUT2D eigenvalue weighted by Crippen LogP contribution is 2.38. The van der Waals surface area contributed by atoms with Crippen LogP contribution >= 0.6 is 0 Å². The highest BCUT2D eigenvalue weighted by atomic mass is 16.3. The summed E-state index contributed by atoms with van der Waals surface area (Å²) in [5.41, 5.74) is 0. The van der Waals surface area contributed by atoms with Gasteiger partial charge in [0.25, 0.3) is 0 Å². The van der Waals surface area contributed by atoms with Gasteiger partial charge in [-0.1, -0.05) is 26.2 Å². The van der Waals surface area contributed by atoms with Gasteiger partial charge in [-0.25, -0.2) is 0 Å². The Morgan fingerprint density at radius 1 is 1.50 bits per heavy atom. The molecule has 0 radical (unpaired) electrons. The van der Waals surface area contributed by atoms with E-state index in [9.17, 15) is 0 Å². The molecule has 0 bridgehead atoms. The van der Waals surface area contributed by atoms with E-state index in [1.165, 1.54) is 32.1 Å². The van der Waals surface area contributed by atoms with Gasteiger partial charge < -0.3 is 9.73 Å². The number of rotatable bonds is 4. The van der Waals surface area contributed by atoms with Crippen LogP contribution in [0.5, 0.6) is 0 Å². The van der Waals surface area contributed by atoms with Crippen molar-refractivity contribution in [3.8, 4) is 0 Å². The lowest BCUT2D eigenvalue weighted by atomic mass is 9.76. The van der Waals surface area contributed by atoms with Gasteiger partial charge in [-0.15, -0.1) is 0 Å². The van der Waals surface area contributed by atoms with Gasteiger partial charge in [0.05, 0.1) is 12.3 Å². The van der Waals surface area contributed by atoms with Crippen molar-refractivity contribution >= 4 is 0 Å². The second-order valence-electron chi connectivity index (χ2n) is 4.98. The van der Waals surface area contributed by atoms with Crippen LogP contribution in [0.15, 0.2) is 22.8 Å². The summed E-state index contributed by atoms with van der Waals surface area (Å²) < 4.78 is 5.55. The van der Waals surface area contributed by atoms with Crippen molar-refractivity contribution in [2.75, 3.05) is 7.05 Å². The molecular formula is C14H23NO. The highest BCUT2D eigenvalue weighted by Gasteiger charge is 2.29. The summed E-state index contributed by atoms with van der Waals surface area (Å²) in [7, 11) is 2.04. The Labute approximate surface area is 98.4 Å². The van der Waals surface area contributed by atoms with Crippen LogP contribution in [0.2, 0.25) is 0 Å². The normalized spacial score (nSPS) is 27.9. The molecule has 0 spiro atoms. The summed E-state index contributed by atoms with van der Waals surface area (Å²) in [5, 5.41) is 3.43. The molecule has 1 aromatic heterocycles. The first kappa shape index (κ1) is 11.7. The SMILES string of the molecule is CCC1CCCC(C(NC)c2ccco2)C1. The van der Waals surface area contributed by atoms with Gasteiger partial charge in [0.15, 0.2) is 0 Å². The first-order chi connectivity index (χ1) is 7.85. The van der Waals surface area contributed by atoms with Crippen LogP contribution < -0.4 is 5.32 Å². The molecule has 1 aliphatic rings. The van der Waals surface area contributed by atoms with Crippen molar-refractivity contribution in [1.82, 2.24) is 5.32 Å². The molecule has 1 saturated carbocycles. The quantitative estimate of drug-likeness (QED) is 0.837. The highest BCUT2D eigenvalue weighted by molar-refractivity contribution is 5.06. The first-order valence-electron chi connectivity index (χ1n) is 6.55. The molecule has 0 saturated heterocycles. The molecule has 2 heteroatoms. The summed E-state index contributed by atoms with van der Waals surface area (Å²) in [4.78, 5) is 0. The van der Waals surface area contributed by atoms with E-state index in [1.807, 2.05) is 13.1 Å². The molecule has 90 valence electrons. The standard InChI is InChI=1S/C14H23NO/c1-3-11-6-4-7-12(10-11)14(15-2)13-8-5-9-16-13/h5,8-9,11-12,14-15H,3-4,6-7,10H2,1-2H3. The molecule has 3 atom stereocenters. The van der Waals surface area contributed by atoms with Gasteiger partial charge in [-0.05, 0) is 43.9 Å². The lowest BCUT2D eigenvalue weighted by Gasteiger charge is -2.33. The smallest absolute Gasteiger partial charge is 0.120 e. The van der Waals surface area contributed by atoms with Gasteiger partial charge >= 0.3 is 0 Å². The maximum absolute atomic E-state index is 5.55. The lowest BCUT2D eigenvalue weighted by molar-refractivity contribution is 0.199. The maximum atomic E-state index is 5.55. The summed E-state index contributed by atoms with van der Waals surface area (Å²) >= 11 is 0. The fraction of sp³-hybridized carbons (Fsp3) is 0.714. The van der Waals surface area contributed by atoms with Gasteiger partial charge in [-0.2, -0.15) is 0 Å². The molecule has 3 unspecified atom stereocenters.